The predicted molar refractivity (Wildman–Crippen MR) is 97.1 cm³/mol. The maximum absolute atomic E-state index is 12.6. The smallest absolute Gasteiger partial charge is 0.288 e. The maximum atomic E-state index is 12.6. The summed E-state index contributed by atoms with van der Waals surface area (Å²) < 4.78 is 52.7. The Kier molecular flexibility index (Phi) is 5.47. The zero-order valence-corrected chi connectivity index (χ0v) is 15.2. The zero-order chi connectivity index (χ0) is 18.7. The molecule has 1 aliphatic heterocycles. The third-order valence-electron chi connectivity index (χ3n) is 3.88. The number of rotatable bonds is 6. The summed E-state index contributed by atoms with van der Waals surface area (Å²) in [5.41, 5.74) is 0.733. The largest absolute Gasteiger partial charge is 0.312 e. The molecule has 1 saturated heterocycles. The van der Waals surface area contributed by atoms with Crippen molar-refractivity contribution in [2.75, 3.05) is 16.2 Å². The van der Waals surface area contributed by atoms with E-state index >= 15 is 0 Å². The Balaban J connectivity index is 1.82. The highest BCUT2D eigenvalue weighted by atomic mass is 32.2. The number of nitrogens with zero attached hydrogens (tertiary/aromatic N) is 1. The minimum Gasteiger partial charge on any atom is -0.312 e. The summed E-state index contributed by atoms with van der Waals surface area (Å²) >= 11 is 0.276. The van der Waals surface area contributed by atoms with Crippen molar-refractivity contribution in [1.82, 2.24) is 0 Å². The van der Waals surface area contributed by atoms with Crippen LogP contribution < -0.4 is 9.62 Å². The van der Waals surface area contributed by atoms with Crippen LogP contribution in [0.1, 0.15) is 12.8 Å². The van der Waals surface area contributed by atoms with E-state index < -0.39 is 15.8 Å². The summed E-state index contributed by atoms with van der Waals surface area (Å²) in [6.45, 7) is 0.613. The van der Waals surface area contributed by atoms with Gasteiger partial charge in [-0.2, -0.15) is 8.78 Å². The first-order valence-electron chi connectivity index (χ1n) is 7.84. The number of sulfonamides is 1. The number of nitrogens with one attached hydrogen (secondary N) is 1. The first-order chi connectivity index (χ1) is 12.4. The molecular formula is C17H16F2N2O3S2. The Labute approximate surface area is 154 Å². The van der Waals surface area contributed by atoms with Crippen molar-refractivity contribution in [2.45, 2.75) is 28.4 Å². The highest BCUT2D eigenvalue weighted by Gasteiger charge is 2.23. The van der Waals surface area contributed by atoms with Crippen molar-refractivity contribution in [1.29, 1.82) is 0 Å². The Morgan fingerprint density at radius 3 is 2.38 bits per heavy atom. The molecule has 1 fully saturated rings. The lowest BCUT2D eigenvalue weighted by atomic mass is 10.3. The monoisotopic (exact) mass is 398 g/mol. The molecule has 0 aliphatic carbocycles. The van der Waals surface area contributed by atoms with Crippen LogP contribution in [0.4, 0.5) is 20.2 Å². The highest BCUT2D eigenvalue weighted by Crippen LogP contribution is 2.33. The third kappa shape index (κ3) is 4.16. The average molecular weight is 398 g/mol. The van der Waals surface area contributed by atoms with Gasteiger partial charge >= 0.3 is 0 Å². The van der Waals surface area contributed by atoms with Crippen molar-refractivity contribution in [3.05, 3.63) is 48.5 Å². The molecule has 0 spiro atoms. The van der Waals surface area contributed by atoms with Crippen LogP contribution in [0, 0.1) is 0 Å². The van der Waals surface area contributed by atoms with Gasteiger partial charge in [-0.15, -0.1) is 0 Å². The van der Waals surface area contributed by atoms with Gasteiger partial charge in [-0.1, -0.05) is 23.9 Å². The Morgan fingerprint density at radius 2 is 1.77 bits per heavy atom. The number of amides is 1. The van der Waals surface area contributed by atoms with E-state index in [1.807, 2.05) is 0 Å². The van der Waals surface area contributed by atoms with Crippen molar-refractivity contribution in [3.8, 4) is 0 Å². The molecule has 0 saturated carbocycles. The van der Waals surface area contributed by atoms with E-state index in [-0.39, 0.29) is 33.1 Å². The fourth-order valence-corrected chi connectivity index (χ4v) is 4.42. The van der Waals surface area contributed by atoms with Crippen molar-refractivity contribution in [3.63, 3.8) is 0 Å². The summed E-state index contributed by atoms with van der Waals surface area (Å²) in [5.74, 6) is -2.64. The van der Waals surface area contributed by atoms with Crippen LogP contribution in [0.5, 0.6) is 0 Å². The number of benzene rings is 2. The molecule has 138 valence electrons. The summed E-state index contributed by atoms with van der Waals surface area (Å²) in [6.07, 6.45) is 1.26. The molecule has 0 unspecified atom stereocenters. The summed E-state index contributed by atoms with van der Waals surface area (Å²) in [4.78, 5) is 13.5. The number of para-hydroxylation sites is 1. The number of hydrogen-bond donors (Lipinski definition) is 1. The highest BCUT2D eigenvalue weighted by molar-refractivity contribution is 7.99. The Bertz CT molecular complexity index is 902. The molecule has 1 N–H and O–H groups in total. The van der Waals surface area contributed by atoms with Gasteiger partial charge in [0.2, 0.25) is 5.91 Å². The maximum Gasteiger partial charge on any atom is 0.288 e. The standard InChI is InChI=1S/C17H16F2N2O3S2/c18-17(19)25-15-5-2-1-4-14(15)20-26(23,24)13-9-7-12(8-10-13)21-11-3-6-16(21)22/h1-2,4-5,7-10,17,20H,3,6,11H2. The van der Waals surface area contributed by atoms with E-state index in [0.717, 1.165) is 6.42 Å². The van der Waals surface area contributed by atoms with E-state index in [1.165, 1.54) is 24.3 Å². The van der Waals surface area contributed by atoms with Crippen LogP contribution in [0.15, 0.2) is 58.3 Å². The molecule has 3 rings (SSSR count). The fourth-order valence-electron chi connectivity index (χ4n) is 2.68. The Hall–Kier alpha value is -2.13. The van der Waals surface area contributed by atoms with E-state index in [1.54, 1.807) is 29.2 Å². The van der Waals surface area contributed by atoms with Gasteiger partial charge in [0.1, 0.15) is 0 Å². The second-order valence-corrected chi connectivity index (χ2v) is 8.34. The number of alkyl halides is 2. The number of halogens is 2. The van der Waals surface area contributed by atoms with Crippen LogP contribution in [0.25, 0.3) is 0 Å². The number of anilines is 2. The Morgan fingerprint density at radius 1 is 1.08 bits per heavy atom. The van der Waals surface area contributed by atoms with Gasteiger partial charge in [0, 0.05) is 23.5 Å². The molecule has 9 heteroatoms. The molecule has 2 aromatic rings. The number of thioether (sulfide) groups is 1. The van der Waals surface area contributed by atoms with Crippen molar-refractivity contribution in [2.24, 2.45) is 0 Å². The number of hydrogen-bond acceptors (Lipinski definition) is 4. The van der Waals surface area contributed by atoms with Gasteiger partial charge in [-0.05, 0) is 42.8 Å². The molecule has 1 aliphatic rings. The van der Waals surface area contributed by atoms with Crippen LogP contribution in [0.2, 0.25) is 0 Å². The molecule has 2 aromatic carbocycles. The summed E-state index contributed by atoms with van der Waals surface area (Å²) in [7, 11) is -3.94. The number of carbonyl (C=O) groups is 1. The van der Waals surface area contributed by atoms with Gasteiger partial charge in [-0.25, -0.2) is 8.42 Å². The molecule has 26 heavy (non-hydrogen) atoms. The van der Waals surface area contributed by atoms with Crippen LogP contribution >= 0.6 is 11.8 Å². The molecule has 0 atom stereocenters. The molecule has 1 amide bonds. The lowest BCUT2D eigenvalue weighted by molar-refractivity contribution is -0.117. The second-order valence-electron chi connectivity index (χ2n) is 5.62. The van der Waals surface area contributed by atoms with E-state index in [0.29, 0.717) is 18.7 Å². The molecule has 0 aromatic heterocycles. The van der Waals surface area contributed by atoms with E-state index in [9.17, 15) is 22.0 Å². The predicted octanol–water partition coefficient (Wildman–Crippen LogP) is 3.93. The minimum absolute atomic E-state index is 0.00949. The third-order valence-corrected chi connectivity index (χ3v) is 6.05. The van der Waals surface area contributed by atoms with Gasteiger partial charge in [0.15, 0.2) is 0 Å². The average Bonchev–Trinajstić information content (AvgIpc) is 3.02. The molecule has 0 bridgehead atoms. The van der Waals surface area contributed by atoms with Crippen LogP contribution in [-0.2, 0) is 14.8 Å². The van der Waals surface area contributed by atoms with Crippen LogP contribution in [0.3, 0.4) is 0 Å². The molecule has 0 radical (unpaired) electrons. The molecule has 5 nitrogen and oxygen atoms in total. The van der Waals surface area contributed by atoms with Gasteiger partial charge in [0.25, 0.3) is 15.8 Å². The van der Waals surface area contributed by atoms with E-state index in [4.69, 9.17) is 0 Å². The first kappa shape index (κ1) is 18.7. The molecular weight excluding hydrogens is 382 g/mol. The van der Waals surface area contributed by atoms with Crippen molar-refractivity contribution < 1.29 is 22.0 Å². The minimum atomic E-state index is -3.94. The van der Waals surface area contributed by atoms with Gasteiger partial charge < -0.3 is 4.90 Å². The van der Waals surface area contributed by atoms with E-state index in [2.05, 4.69) is 4.72 Å². The van der Waals surface area contributed by atoms with Gasteiger partial charge in [-0.3, -0.25) is 9.52 Å². The first-order valence-corrected chi connectivity index (χ1v) is 10.2. The van der Waals surface area contributed by atoms with Crippen LogP contribution in [-0.4, -0.2) is 26.6 Å². The normalized spacial score (nSPS) is 14.9. The summed E-state index contributed by atoms with van der Waals surface area (Å²) in [5, 5.41) is 0. The SMILES string of the molecule is O=C1CCCN1c1ccc(S(=O)(=O)Nc2ccccc2SC(F)F)cc1. The van der Waals surface area contributed by atoms with Crippen molar-refractivity contribution >= 4 is 39.1 Å². The summed E-state index contributed by atoms with van der Waals surface area (Å²) in [6, 6.07) is 11.9. The van der Waals surface area contributed by atoms with Gasteiger partial charge in [0.05, 0.1) is 10.6 Å². The molecule has 1 heterocycles. The quantitative estimate of drug-likeness (QED) is 0.749. The lowest BCUT2D eigenvalue weighted by Crippen LogP contribution is -2.23. The lowest BCUT2D eigenvalue weighted by Gasteiger charge is -2.16. The zero-order valence-electron chi connectivity index (χ0n) is 13.6. The second kappa shape index (κ2) is 7.63. The fraction of sp³-hybridized carbons (Fsp3) is 0.235. The topological polar surface area (TPSA) is 66.5 Å². The number of carbonyl (C=O) groups excluding carboxylic acids is 1.